The number of aromatic nitrogens is 2. The molecule has 0 saturated carbocycles. The van der Waals surface area contributed by atoms with Crippen molar-refractivity contribution in [3.8, 4) is 0 Å². The van der Waals surface area contributed by atoms with Crippen LogP contribution in [0.3, 0.4) is 0 Å². The number of nitrogens with two attached hydrogens (primary N) is 1. The van der Waals surface area contributed by atoms with E-state index in [0.717, 1.165) is 11.1 Å². The van der Waals surface area contributed by atoms with Crippen molar-refractivity contribution in [1.82, 2.24) is 15.1 Å². The summed E-state index contributed by atoms with van der Waals surface area (Å²) < 4.78 is 1.47. The summed E-state index contributed by atoms with van der Waals surface area (Å²) >= 11 is 0. The number of nitrogens with zero attached hydrogens (tertiary/aromatic N) is 2. The van der Waals surface area contributed by atoms with Crippen LogP contribution in [-0.4, -0.2) is 15.7 Å². The molecule has 2 rings (SSSR count). The topological polar surface area (TPSA) is 72.9 Å². The molecule has 0 unspecified atom stereocenters. The average Bonchev–Trinajstić information content (AvgIpc) is 2.68. The summed E-state index contributed by atoms with van der Waals surface area (Å²) in [6, 6.07) is 7.93. The fraction of sp³-hybridized carbons (Fsp3) is 0.231. The first-order chi connectivity index (χ1) is 8.59. The molecule has 0 radical (unpaired) electrons. The summed E-state index contributed by atoms with van der Waals surface area (Å²) in [6.45, 7) is 2.50. The van der Waals surface area contributed by atoms with Gasteiger partial charge in [-0.15, -0.1) is 0 Å². The van der Waals surface area contributed by atoms with E-state index in [0.29, 0.717) is 17.9 Å². The first-order valence-corrected chi connectivity index (χ1v) is 5.69. The Bertz CT molecular complexity index is 555. The molecule has 0 aliphatic carbocycles. The highest BCUT2D eigenvalue weighted by Gasteiger charge is 2.14. The number of carbonyl (C=O) groups is 1. The number of hydrogen-bond donors (Lipinski definition) is 2. The maximum Gasteiger partial charge on any atom is 0.271 e. The molecule has 3 N–H and O–H groups in total. The minimum Gasteiger partial charge on any atom is -0.396 e. The van der Waals surface area contributed by atoms with Gasteiger partial charge in [-0.3, -0.25) is 9.48 Å². The van der Waals surface area contributed by atoms with Gasteiger partial charge in [-0.25, -0.2) is 0 Å². The van der Waals surface area contributed by atoms with Crippen LogP contribution in [0.4, 0.5) is 5.69 Å². The first kappa shape index (κ1) is 12.2. The molecule has 94 valence electrons. The molecule has 18 heavy (non-hydrogen) atoms. The van der Waals surface area contributed by atoms with Gasteiger partial charge in [0.25, 0.3) is 5.91 Å². The second-order valence-electron chi connectivity index (χ2n) is 4.18. The van der Waals surface area contributed by atoms with Crippen molar-refractivity contribution in [2.24, 2.45) is 7.05 Å². The minimum atomic E-state index is -0.212. The molecule has 0 aliphatic heterocycles. The Balaban J connectivity index is 2.08. The molecule has 0 atom stereocenters. The molecule has 5 heteroatoms. The molecule has 0 saturated heterocycles. The molecule has 0 aliphatic rings. The van der Waals surface area contributed by atoms with Crippen LogP contribution < -0.4 is 11.1 Å². The molecule has 0 fully saturated rings. The average molecular weight is 244 g/mol. The molecule has 1 heterocycles. The fourth-order valence-electron chi connectivity index (χ4n) is 1.80. The predicted molar refractivity (Wildman–Crippen MR) is 70.0 cm³/mol. The van der Waals surface area contributed by atoms with Crippen molar-refractivity contribution < 1.29 is 4.79 Å². The Morgan fingerprint density at radius 1 is 1.44 bits per heavy atom. The zero-order valence-corrected chi connectivity index (χ0v) is 10.5. The molecule has 0 spiro atoms. The van der Waals surface area contributed by atoms with Gasteiger partial charge in [-0.1, -0.05) is 24.3 Å². The van der Waals surface area contributed by atoms with E-state index in [1.807, 2.05) is 31.2 Å². The molecule has 1 amide bonds. The summed E-state index contributed by atoms with van der Waals surface area (Å²) in [5.74, 6) is -0.212. The monoisotopic (exact) mass is 244 g/mol. The van der Waals surface area contributed by atoms with Crippen LogP contribution >= 0.6 is 0 Å². The van der Waals surface area contributed by atoms with Crippen LogP contribution in [0.15, 0.2) is 30.5 Å². The lowest BCUT2D eigenvalue weighted by Crippen LogP contribution is -2.26. The Morgan fingerprint density at radius 3 is 2.78 bits per heavy atom. The van der Waals surface area contributed by atoms with Crippen LogP contribution in [0.2, 0.25) is 0 Å². The number of carbonyl (C=O) groups excluding carboxylic acids is 1. The third-order valence-corrected chi connectivity index (χ3v) is 2.88. The fourth-order valence-corrected chi connectivity index (χ4v) is 1.80. The number of nitrogens with one attached hydrogen (secondary N) is 1. The zero-order valence-electron chi connectivity index (χ0n) is 10.5. The number of hydrogen-bond acceptors (Lipinski definition) is 3. The molecular weight excluding hydrogens is 228 g/mol. The first-order valence-electron chi connectivity index (χ1n) is 5.69. The van der Waals surface area contributed by atoms with E-state index in [2.05, 4.69) is 10.4 Å². The van der Waals surface area contributed by atoms with Crippen LogP contribution in [0.1, 0.15) is 21.6 Å². The summed E-state index contributed by atoms with van der Waals surface area (Å²) in [6.07, 6.45) is 1.47. The Kier molecular flexibility index (Phi) is 3.32. The van der Waals surface area contributed by atoms with Crippen molar-refractivity contribution in [2.45, 2.75) is 13.5 Å². The van der Waals surface area contributed by atoms with Gasteiger partial charge in [-0.05, 0) is 18.1 Å². The molecule has 2 aromatic rings. The van der Waals surface area contributed by atoms with Crippen LogP contribution in [0.5, 0.6) is 0 Å². The standard InChI is InChI=1S/C13H16N4O/c1-9-5-3-4-6-10(9)7-15-13(18)12-11(14)8-16-17(12)2/h3-6,8H,7,14H2,1-2H3,(H,15,18). The second kappa shape index (κ2) is 4.91. The Hall–Kier alpha value is -2.30. The van der Waals surface area contributed by atoms with E-state index >= 15 is 0 Å². The van der Waals surface area contributed by atoms with E-state index in [-0.39, 0.29) is 5.91 Å². The van der Waals surface area contributed by atoms with E-state index < -0.39 is 0 Å². The number of rotatable bonds is 3. The maximum absolute atomic E-state index is 12.0. The quantitative estimate of drug-likeness (QED) is 0.853. The summed E-state index contributed by atoms with van der Waals surface area (Å²) in [4.78, 5) is 12.0. The van der Waals surface area contributed by atoms with Gasteiger partial charge in [0.15, 0.2) is 0 Å². The number of anilines is 1. The highest BCUT2D eigenvalue weighted by atomic mass is 16.2. The second-order valence-corrected chi connectivity index (χ2v) is 4.18. The lowest BCUT2D eigenvalue weighted by Gasteiger charge is -2.08. The Morgan fingerprint density at radius 2 is 2.17 bits per heavy atom. The van der Waals surface area contributed by atoms with Gasteiger partial charge in [-0.2, -0.15) is 5.10 Å². The van der Waals surface area contributed by atoms with E-state index in [9.17, 15) is 4.79 Å². The number of nitrogen functional groups attached to an aromatic ring is 1. The molecule has 0 bridgehead atoms. The molecule has 1 aromatic heterocycles. The molecule has 1 aromatic carbocycles. The SMILES string of the molecule is Cc1ccccc1CNC(=O)c1c(N)cnn1C. The summed E-state index contributed by atoms with van der Waals surface area (Å²) in [5, 5.41) is 6.78. The van der Waals surface area contributed by atoms with Gasteiger partial charge >= 0.3 is 0 Å². The van der Waals surface area contributed by atoms with Gasteiger partial charge in [0.05, 0.1) is 11.9 Å². The summed E-state index contributed by atoms with van der Waals surface area (Å²) in [7, 11) is 1.69. The Labute approximate surface area is 106 Å². The molecule has 5 nitrogen and oxygen atoms in total. The van der Waals surface area contributed by atoms with E-state index in [4.69, 9.17) is 5.73 Å². The maximum atomic E-state index is 12.0. The van der Waals surface area contributed by atoms with Gasteiger partial charge in [0.1, 0.15) is 5.69 Å². The third-order valence-electron chi connectivity index (χ3n) is 2.88. The zero-order chi connectivity index (χ0) is 13.1. The highest BCUT2D eigenvalue weighted by Crippen LogP contribution is 2.10. The van der Waals surface area contributed by atoms with Gasteiger partial charge < -0.3 is 11.1 Å². The lowest BCUT2D eigenvalue weighted by atomic mass is 10.1. The van der Waals surface area contributed by atoms with Crippen molar-refractivity contribution in [3.05, 3.63) is 47.3 Å². The number of amides is 1. The van der Waals surface area contributed by atoms with Crippen molar-refractivity contribution in [3.63, 3.8) is 0 Å². The normalized spacial score (nSPS) is 10.3. The van der Waals surface area contributed by atoms with Crippen molar-refractivity contribution in [1.29, 1.82) is 0 Å². The smallest absolute Gasteiger partial charge is 0.271 e. The predicted octanol–water partition coefficient (Wildman–Crippen LogP) is 1.24. The van der Waals surface area contributed by atoms with Crippen molar-refractivity contribution in [2.75, 3.05) is 5.73 Å². The van der Waals surface area contributed by atoms with Crippen LogP contribution in [0.25, 0.3) is 0 Å². The third kappa shape index (κ3) is 2.34. The number of benzene rings is 1. The van der Waals surface area contributed by atoms with Gasteiger partial charge in [0, 0.05) is 13.6 Å². The highest BCUT2D eigenvalue weighted by molar-refractivity contribution is 5.97. The van der Waals surface area contributed by atoms with E-state index in [1.54, 1.807) is 7.05 Å². The largest absolute Gasteiger partial charge is 0.396 e. The minimum absolute atomic E-state index is 0.212. The summed E-state index contributed by atoms with van der Waals surface area (Å²) in [5.41, 5.74) is 8.72. The van der Waals surface area contributed by atoms with Crippen LogP contribution in [-0.2, 0) is 13.6 Å². The van der Waals surface area contributed by atoms with Gasteiger partial charge in [0.2, 0.25) is 0 Å². The number of aryl methyl sites for hydroxylation is 2. The lowest BCUT2D eigenvalue weighted by molar-refractivity contribution is 0.0942. The van der Waals surface area contributed by atoms with Crippen LogP contribution in [0, 0.1) is 6.92 Å². The van der Waals surface area contributed by atoms with Crippen molar-refractivity contribution >= 4 is 11.6 Å². The van der Waals surface area contributed by atoms with E-state index in [1.165, 1.54) is 10.9 Å². The molecular formula is C13H16N4O.